The van der Waals surface area contributed by atoms with Crippen LogP contribution >= 0.6 is 11.3 Å². The summed E-state index contributed by atoms with van der Waals surface area (Å²) < 4.78 is 0. The Balaban J connectivity index is 2.14. The van der Waals surface area contributed by atoms with Crippen LogP contribution in [0.2, 0.25) is 0 Å². The Hall–Kier alpha value is -0.340. The minimum atomic E-state index is 0.206. The second-order valence-corrected chi connectivity index (χ2v) is 9.16. The van der Waals surface area contributed by atoms with E-state index >= 15 is 0 Å². The predicted molar refractivity (Wildman–Crippen MR) is 95.2 cm³/mol. The Morgan fingerprint density at radius 1 is 1.14 bits per heavy atom. The predicted octanol–water partition coefficient (Wildman–Crippen LogP) is 5.75. The van der Waals surface area contributed by atoms with Crippen molar-refractivity contribution in [3.8, 4) is 0 Å². The van der Waals surface area contributed by atoms with Gasteiger partial charge in [-0.3, -0.25) is 0 Å². The maximum Gasteiger partial charge on any atom is 0.0182 e. The molecule has 1 saturated carbocycles. The molecule has 21 heavy (non-hydrogen) atoms. The fourth-order valence-electron chi connectivity index (χ4n) is 4.32. The van der Waals surface area contributed by atoms with E-state index in [4.69, 9.17) is 0 Å². The fourth-order valence-corrected chi connectivity index (χ4v) is 5.25. The van der Waals surface area contributed by atoms with Crippen LogP contribution in [0.1, 0.15) is 78.0 Å². The van der Waals surface area contributed by atoms with Crippen LogP contribution < -0.4 is 5.32 Å². The van der Waals surface area contributed by atoms with Crippen molar-refractivity contribution in [2.75, 3.05) is 6.54 Å². The molecule has 1 N–H and O–H groups in total. The lowest BCUT2D eigenvalue weighted by Crippen LogP contribution is -2.56. The molecule has 1 fully saturated rings. The Morgan fingerprint density at radius 2 is 1.76 bits per heavy atom. The Labute approximate surface area is 135 Å². The van der Waals surface area contributed by atoms with Crippen LogP contribution in [0.3, 0.4) is 0 Å². The summed E-state index contributed by atoms with van der Waals surface area (Å²) in [5, 5.41) is 6.03. The molecule has 0 radical (unpaired) electrons. The highest BCUT2D eigenvalue weighted by molar-refractivity contribution is 7.10. The highest BCUT2D eigenvalue weighted by Gasteiger charge is 2.54. The number of hydrogen-bond acceptors (Lipinski definition) is 2. The van der Waals surface area contributed by atoms with E-state index in [1.54, 1.807) is 4.88 Å². The highest BCUT2D eigenvalue weighted by atomic mass is 32.1. The van der Waals surface area contributed by atoms with Gasteiger partial charge in [-0.05, 0) is 63.3 Å². The first kappa shape index (κ1) is 17.0. The van der Waals surface area contributed by atoms with Gasteiger partial charge in [0.2, 0.25) is 0 Å². The van der Waals surface area contributed by atoms with Crippen molar-refractivity contribution >= 4 is 11.3 Å². The minimum Gasteiger partial charge on any atom is -0.311 e. The third-order valence-electron chi connectivity index (χ3n) is 4.99. The van der Waals surface area contributed by atoms with E-state index in [9.17, 15) is 0 Å². The summed E-state index contributed by atoms with van der Waals surface area (Å²) in [6, 6.07) is 4.58. The average molecular weight is 308 g/mol. The fraction of sp³-hybridized carbons (Fsp3) is 0.789. The van der Waals surface area contributed by atoms with Gasteiger partial charge in [-0.15, -0.1) is 11.3 Å². The van der Waals surface area contributed by atoms with Crippen molar-refractivity contribution in [3.63, 3.8) is 0 Å². The smallest absolute Gasteiger partial charge is 0.0182 e. The lowest BCUT2D eigenvalue weighted by Gasteiger charge is -2.57. The molecule has 0 spiro atoms. The van der Waals surface area contributed by atoms with E-state index in [1.165, 1.54) is 38.5 Å². The van der Waals surface area contributed by atoms with Gasteiger partial charge in [0.15, 0.2) is 0 Å². The summed E-state index contributed by atoms with van der Waals surface area (Å²) in [4.78, 5) is 1.60. The molecule has 120 valence electrons. The SMILES string of the molecule is CCCC1(CCC)CC(CNC(C)(C)C)(c2cccs2)C1. The lowest BCUT2D eigenvalue weighted by atomic mass is 9.49. The van der Waals surface area contributed by atoms with Crippen molar-refractivity contribution < 1.29 is 0 Å². The van der Waals surface area contributed by atoms with Gasteiger partial charge in [-0.1, -0.05) is 32.8 Å². The zero-order valence-electron chi connectivity index (χ0n) is 14.6. The van der Waals surface area contributed by atoms with Crippen LogP contribution in [0.25, 0.3) is 0 Å². The maximum absolute atomic E-state index is 3.78. The number of thiophene rings is 1. The Bertz CT molecular complexity index is 413. The number of rotatable bonds is 7. The standard InChI is InChI=1S/C19H33NS/c1-6-10-18(11-7-2)13-19(14-18,15-20-17(3,4)5)16-9-8-12-21-16/h8-9,12,20H,6-7,10-11,13-15H2,1-5H3. The van der Waals surface area contributed by atoms with Crippen molar-refractivity contribution in [3.05, 3.63) is 22.4 Å². The van der Waals surface area contributed by atoms with Gasteiger partial charge < -0.3 is 5.32 Å². The third-order valence-corrected chi connectivity index (χ3v) is 6.10. The Morgan fingerprint density at radius 3 is 2.19 bits per heavy atom. The first-order valence-corrected chi connectivity index (χ1v) is 9.52. The second kappa shape index (κ2) is 6.42. The summed E-state index contributed by atoms with van der Waals surface area (Å²) in [5.41, 5.74) is 1.22. The molecule has 1 aliphatic carbocycles. The molecule has 1 nitrogen and oxygen atoms in total. The molecular weight excluding hydrogens is 274 g/mol. The van der Waals surface area contributed by atoms with Crippen LogP contribution in [0.5, 0.6) is 0 Å². The van der Waals surface area contributed by atoms with Crippen molar-refractivity contribution in [1.29, 1.82) is 0 Å². The van der Waals surface area contributed by atoms with Gasteiger partial charge in [0, 0.05) is 22.4 Å². The molecule has 1 aromatic heterocycles. The molecule has 0 aromatic carbocycles. The first-order chi connectivity index (χ1) is 9.85. The normalized spacial score (nSPS) is 20.2. The molecule has 1 heterocycles. The van der Waals surface area contributed by atoms with Crippen LogP contribution in [0, 0.1) is 5.41 Å². The summed E-state index contributed by atoms with van der Waals surface area (Å²) in [7, 11) is 0. The van der Waals surface area contributed by atoms with Crippen LogP contribution in [-0.2, 0) is 5.41 Å². The van der Waals surface area contributed by atoms with E-state index in [1.807, 2.05) is 11.3 Å². The van der Waals surface area contributed by atoms with E-state index in [0.29, 0.717) is 10.8 Å². The molecule has 2 rings (SSSR count). The maximum atomic E-state index is 3.78. The monoisotopic (exact) mass is 307 g/mol. The molecule has 1 aromatic rings. The molecule has 0 aliphatic heterocycles. The Kier molecular flexibility index (Phi) is 5.20. The van der Waals surface area contributed by atoms with Gasteiger partial charge in [-0.25, -0.2) is 0 Å². The van der Waals surface area contributed by atoms with Gasteiger partial charge in [0.25, 0.3) is 0 Å². The first-order valence-electron chi connectivity index (χ1n) is 8.64. The lowest BCUT2D eigenvalue weighted by molar-refractivity contribution is 0.00180. The van der Waals surface area contributed by atoms with Crippen LogP contribution in [0.4, 0.5) is 0 Å². The zero-order valence-corrected chi connectivity index (χ0v) is 15.4. The minimum absolute atomic E-state index is 0.206. The highest BCUT2D eigenvalue weighted by Crippen LogP contribution is 2.60. The van der Waals surface area contributed by atoms with E-state index < -0.39 is 0 Å². The quantitative estimate of drug-likeness (QED) is 0.676. The average Bonchev–Trinajstić information content (AvgIpc) is 2.86. The number of hydrogen-bond donors (Lipinski definition) is 1. The molecule has 0 saturated heterocycles. The molecule has 0 bridgehead atoms. The number of nitrogens with one attached hydrogen (secondary N) is 1. The molecule has 0 atom stereocenters. The summed E-state index contributed by atoms with van der Waals surface area (Å²) in [6.07, 6.45) is 8.23. The molecular formula is C19H33NS. The largest absolute Gasteiger partial charge is 0.311 e. The van der Waals surface area contributed by atoms with Crippen molar-refractivity contribution in [1.82, 2.24) is 5.32 Å². The zero-order chi connectivity index (χ0) is 15.6. The van der Waals surface area contributed by atoms with Crippen LogP contribution in [0.15, 0.2) is 17.5 Å². The van der Waals surface area contributed by atoms with Crippen LogP contribution in [-0.4, -0.2) is 12.1 Å². The van der Waals surface area contributed by atoms with Gasteiger partial charge >= 0.3 is 0 Å². The summed E-state index contributed by atoms with van der Waals surface area (Å²) >= 11 is 1.95. The van der Waals surface area contributed by atoms with E-state index in [-0.39, 0.29) is 5.54 Å². The molecule has 0 amide bonds. The molecule has 0 unspecified atom stereocenters. The van der Waals surface area contributed by atoms with E-state index in [0.717, 1.165) is 6.54 Å². The third kappa shape index (κ3) is 3.90. The van der Waals surface area contributed by atoms with E-state index in [2.05, 4.69) is 57.4 Å². The van der Waals surface area contributed by atoms with Gasteiger partial charge in [0.05, 0.1) is 0 Å². The molecule has 2 heteroatoms. The summed E-state index contributed by atoms with van der Waals surface area (Å²) in [6.45, 7) is 12.6. The molecule has 1 aliphatic rings. The van der Waals surface area contributed by atoms with Gasteiger partial charge in [0.1, 0.15) is 0 Å². The topological polar surface area (TPSA) is 12.0 Å². The van der Waals surface area contributed by atoms with Crippen molar-refractivity contribution in [2.24, 2.45) is 5.41 Å². The second-order valence-electron chi connectivity index (χ2n) is 8.21. The van der Waals surface area contributed by atoms with Gasteiger partial charge in [-0.2, -0.15) is 0 Å². The van der Waals surface area contributed by atoms with Crippen molar-refractivity contribution in [2.45, 2.75) is 84.1 Å². The summed E-state index contributed by atoms with van der Waals surface area (Å²) in [5.74, 6) is 0.